The second-order valence-electron chi connectivity index (χ2n) is 3.88. The third-order valence-corrected chi connectivity index (χ3v) is 2.61. The van der Waals surface area contributed by atoms with Crippen LogP contribution >= 0.6 is 0 Å². The molecule has 0 aliphatic carbocycles. The number of hydrogen-bond acceptors (Lipinski definition) is 6. The first-order chi connectivity index (χ1) is 9.76. The van der Waals surface area contributed by atoms with Gasteiger partial charge >= 0.3 is 6.01 Å². The first-order valence-corrected chi connectivity index (χ1v) is 5.75. The average molecular weight is 270 g/mol. The molecule has 1 amide bonds. The van der Waals surface area contributed by atoms with E-state index in [1.54, 1.807) is 30.6 Å². The fourth-order valence-electron chi connectivity index (χ4n) is 1.68. The number of methoxy groups -OCH3 is 1. The van der Waals surface area contributed by atoms with E-state index >= 15 is 0 Å². The molecule has 2 heterocycles. The van der Waals surface area contributed by atoms with E-state index in [1.165, 1.54) is 7.11 Å². The molecule has 0 unspecified atom stereocenters. The molecule has 3 rings (SSSR count). The number of anilines is 1. The molecule has 0 aliphatic rings. The quantitative estimate of drug-likeness (QED) is 0.735. The van der Waals surface area contributed by atoms with Gasteiger partial charge in [0, 0.05) is 18.0 Å². The number of nitrogens with one attached hydrogen (secondary N) is 2. The van der Waals surface area contributed by atoms with E-state index in [0.717, 1.165) is 5.52 Å². The fraction of sp³-hybridized carbons (Fsp3) is 0.0833. The minimum absolute atomic E-state index is 0.157. The number of nitrogens with zero attached hydrogens (tertiary/aromatic N) is 4. The number of aromatic amines is 1. The highest BCUT2D eigenvalue weighted by Crippen LogP contribution is 2.12. The molecule has 0 atom stereocenters. The summed E-state index contributed by atoms with van der Waals surface area (Å²) >= 11 is 0. The largest absolute Gasteiger partial charge is 0.466 e. The van der Waals surface area contributed by atoms with Crippen LogP contribution in [0.1, 0.15) is 10.4 Å². The van der Waals surface area contributed by atoms with Crippen LogP contribution in [0.25, 0.3) is 11.0 Å². The van der Waals surface area contributed by atoms with Gasteiger partial charge in [-0.3, -0.25) is 20.1 Å². The van der Waals surface area contributed by atoms with Crippen molar-refractivity contribution in [3.05, 3.63) is 36.2 Å². The van der Waals surface area contributed by atoms with Crippen molar-refractivity contribution in [2.45, 2.75) is 0 Å². The summed E-state index contributed by atoms with van der Waals surface area (Å²) in [4.78, 5) is 24.3. The number of H-pyrrole nitrogens is 1. The van der Waals surface area contributed by atoms with Crippen molar-refractivity contribution in [2.75, 3.05) is 12.4 Å². The molecule has 2 aromatic heterocycles. The highest BCUT2D eigenvalue weighted by molar-refractivity contribution is 6.05. The van der Waals surface area contributed by atoms with E-state index in [2.05, 4.69) is 30.5 Å². The Bertz CT molecular complexity index is 769. The van der Waals surface area contributed by atoms with Crippen LogP contribution in [0, 0.1) is 0 Å². The molecule has 1 aromatic carbocycles. The van der Waals surface area contributed by atoms with Crippen LogP contribution in [-0.2, 0) is 0 Å². The zero-order chi connectivity index (χ0) is 13.9. The van der Waals surface area contributed by atoms with E-state index in [0.29, 0.717) is 11.1 Å². The van der Waals surface area contributed by atoms with Gasteiger partial charge in [0.1, 0.15) is 0 Å². The number of benzene rings is 1. The molecule has 0 aliphatic heterocycles. The number of ether oxygens (including phenoxy) is 1. The van der Waals surface area contributed by atoms with Gasteiger partial charge in [-0.05, 0) is 18.2 Å². The topological polar surface area (TPSA) is 106 Å². The molecule has 8 heteroatoms. The van der Waals surface area contributed by atoms with E-state index < -0.39 is 0 Å². The lowest BCUT2D eigenvalue weighted by atomic mass is 10.2. The SMILES string of the molecule is COc1n[nH]c(NC(=O)c2ccc3nccnc3c2)n1. The maximum atomic E-state index is 12.1. The van der Waals surface area contributed by atoms with Crippen LogP contribution in [0.4, 0.5) is 5.95 Å². The number of rotatable bonds is 3. The van der Waals surface area contributed by atoms with Crippen LogP contribution in [-0.4, -0.2) is 38.2 Å². The molecular weight excluding hydrogens is 260 g/mol. The van der Waals surface area contributed by atoms with E-state index in [1.807, 2.05) is 0 Å². The number of aromatic nitrogens is 5. The van der Waals surface area contributed by atoms with Crippen molar-refractivity contribution < 1.29 is 9.53 Å². The van der Waals surface area contributed by atoms with Gasteiger partial charge in [-0.15, -0.1) is 5.10 Å². The zero-order valence-electron chi connectivity index (χ0n) is 10.5. The predicted molar refractivity (Wildman–Crippen MR) is 70.4 cm³/mol. The lowest BCUT2D eigenvalue weighted by Crippen LogP contribution is -2.13. The monoisotopic (exact) mass is 270 g/mol. The second kappa shape index (κ2) is 4.92. The Labute approximate surface area is 113 Å². The van der Waals surface area contributed by atoms with Crippen molar-refractivity contribution >= 4 is 22.9 Å². The highest BCUT2D eigenvalue weighted by Gasteiger charge is 2.10. The van der Waals surface area contributed by atoms with Gasteiger partial charge < -0.3 is 4.74 Å². The van der Waals surface area contributed by atoms with Gasteiger partial charge in [-0.1, -0.05) is 0 Å². The lowest BCUT2D eigenvalue weighted by Gasteiger charge is -2.02. The van der Waals surface area contributed by atoms with Gasteiger partial charge in [0.2, 0.25) is 5.95 Å². The fourth-order valence-corrected chi connectivity index (χ4v) is 1.68. The molecule has 100 valence electrons. The first-order valence-electron chi connectivity index (χ1n) is 5.75. The van der Waals surface area contributed by atoms with Crippen LogP contribution in [0.5, 0.6) is 6.01 Å². The smallest absolute Gasteiger partial charge is 0.336 e. The highest BCUT2D eigenvalue weighted by atomic mass is 16.5. The normalized spacial score (nSPS) is 10.4. The van der Waals surface area contributed by atoms with E-state index in [4.69, 9.17) is 4.74 Å². The summed E-state index contributed by atoms with van der Waals surface area (Å²) in [7, 11) is 1.44. The molecule has 8 nitrogen and oxygen atoms in total. The van der Waals surface area contributed by atoms with Crippen molar-refractivity contribution in [1.82, 2.24) is 25.1 Å². The summed E-state index contributed by atoms with van der Waals surface area (Å²) < 4.78 is 4.82. The van der Waals surface area contributed by atoms with Crippen molar-refractivity contribution in [3.8, 4) is 6.01 Å². The predicted octanol–water partition coefficient (Wildman–Crippen LogP) is 1.01. The van der Waals surface area contributed by atoms with Gasteiger partial charge in [0.25, 0.3) is 5.91 Å². The minimum Gasteiger partial charge on any atom is -0.466 e. The maximum Gasteiger partial charge on any atom is 0.336 e. The molecule has 2 N–H and O–H groups in total. The van der Waals surface area contributed by atoms with E-state index in [-0.39, 0.29) is 17.9 Å². The lowest BCUT2D eigenvalue weighted by molar-refractivity contribution is 0.102. The number of amides is 1. The molecule has 0 fully saturated rings. The standard InChI is InChI=1S/C12H10N6O2/c1-20-12-16-11(17-18-12)15-10(19)7-2-3-8-9(6-7)14-5-4-13-8/h2-6H,1H3,(H2,15,16,17,18,19). The average Bonchev–Trinajstić information content (AvgIpc) is 2.94. The van der Waals surface area contributed by atoms with Gasteiger partial charge in [0.15, 0.2) is 0 Å². The van der Waals surface area contributed by atoms with Crippen LogP contribution < -0.4 is 10.1 Å². The molecule has 0 radical (unpaired) electrons. The molecule has 0 spiro atoms. The van der Waals surface area contributed by atoms with Gasteiger partial charge in [-0.25, -0.2) is 5.10 Å². The molecular formula is C12H10N6O2. The Kier molecular flexibility index (Phi) is 2.96. The summed E-state index contributed by atoms with van der Waals surface area (Å²) in [6, 6.07) is 5.22. The Morgan fingerprint density at radius 3 is 2.80 bits per heavy atom. The van der Waals surface area contributed by atoms with Gasteiger partial charge in [0.05, 0.1) is 18.1 Å². The Balaban J connectivity index is 1.84. The van der Waals surface area contributed by atoms with Gasteiger partial charge in [-0.2, -0.15) is 4.98 Å². The van der Waals surface area contributed by atoms with Crippen LogP contribution in [0.15, 0.2) is 30.6 Å². The molecule has 3 aromatic rings. The Morgan fingerprint density at radius 1 is 1.25 bits per heavy atom. The summed E-state index contributed by atoms with van der Waals surface area (Å²) in [5.41, 5.74) is 1.83. The minimum atomic E-state index is -0.323. The zero-order valence-corrected chi connectivity index (χ0v) is 10.5. The Hall–Kier alpha value is -3.03. The second-order valence-corrected chi connectivity index (χ2v) is 3.88. The molecule has 0 saturated heterocycles. The van der Waals surface area contributed by atoms with Crippen LogP contribution in [0.2, 0.25) is 0 Å². The van der Waals surface area contributed by atoms with Crippen molar-refractivity contribution in [3.63, 3.8) is 0 Å². The van der Waals surface area contributed by atoms with Crippen LogP contribution in [0.3, 0.4) is 0 Å². The summed E-state index contributed by atoms with van der Waals surface area (Å²) in [5, 5.41) is 8.87. The van der Waals surface area contributed by atoms with Crippen molar-refractivity contribution in [1.29, 1.82) is 0 Å². The number of hydrogen-bond donors (Lipinski definition) is 2. The summed E-state index contributed by atoms with van der Waals surface area (Å²) in [6.45, 7) is 0. The number of carbonyl (C=O) groups excluding carboxylic acids is 1. The number of carbonyl (C=O) groups is 1. The Morgan fingerprint density at radius 2 is 2.05 bits per heavy atom. The van der Waals surface area contributed by atoms with Crippen molar-refractivity contribution in [2.24, 2.45) is 0 Å². The van der Waals surface area contributed by atoms with E-state index in [9.17, 15) is 4.79 Å². The summed E-state index contributed by atoms with van der Waals surface area (Å²) in [5.74, 6) is -0.109. The molecule has 0 saturated carbocycles. The molecule has 20 heavy (non-hydrogen) atoms. The first kappa shape index (κ1) is 12.0. The third-order valence-electron chi connectivity index (χ3n) is 2.61. The maximum absolute atomic E-state index is 12.1. The summed E-state index contributed by atoms with van der Waals surface area (Å²) in [6.07, 6.45) is 3.17. The number of fused-ring (bicyclic) bond motifs is 1. The third kappa shape index (κ3) is 2.26. The molecule has 0 bridgehead atoms.